The second-order valence-electron chi connectivity index (χ2n) is 6.28. The van der Waals surface area contributed by atoms with Gasteiger partial charge in [-0.1, -0.05) is 28.1 Å². The van der Waals surface area contributed by atoms with Gasteiger partial charge in [0.1, 0.15) is 22.7 Å². The molecule has 1 aliphatic heterocycles. The highest BCUT2D eigenvalue weighted by Crippen LogP contribution is 2.29. The van der Waals surface area contributed by atoms with Crippen molar-refractivity contribution in [3.05, 3.63) is 40.0 Å². The van der Waals surface area contributed by atoms with Gasteiger partial charge in [-0.05, 0) is 31.9 Å². The largest absolute Gasteiger partial charge is 0.382 e. The number of nitrogen functional groups attached to an aromatic ring is 1. The van der Waals surface area contributed by atoms with Gasteiger partial charge in [0, 0.05) is 23.1 Å². The third kappa shape index (κ3) is 2.78. The molecular formula is C18H18BrN5O. The van der Waals surface area contributed by atoms with Gasteiger partial charge in [-0.2, -0.15) is 0 Å². The standard InChI is InChI=1S/C18H18BrN5O/c1-10-13(18(25)24-7-2-3-8-24)14-15(16(20)21-10)23-17(22-14)11-5-4-6-12(19)9-11/h4-6,9H,2-3,7-8H2,1H3,(H2,20,21)(H,22,23). The topological polar surface area (TPSA) is 87.9 Å². The Morgan fingerprint density at radius 2 is 2.04 bits per heavy atom. The average Bonchev–Trinajstić information content (AvgIpc) is 3.24. The number of nitrogens with two attached hydrogens (primary N) is 1. The van der Waals surface area contributed by atoms with Gasteiger partial charge in [-0.3, -0.25) is 4.79 Å². The van der Waals surface area contributed by atoms with Crippen molar-refractivity contribution in [2.75, 3.05) is 18.8 Å². The Morgan fingerprint density at radius 1 is 1.28 bits per heavy atom. The number of benzene rings is 1. The van der Waals surface area contributed by atoms with E-state index in [1.54, 1.807) is 0 Å². The van der Waals surface area contributed by atoms with Crippen molar-refractivity contribution >= 4 is 38.7 Å². The molecule has 4 rings (SSSR count). The molecule has 1 aliphatic rings. The van der Waals surface area contributed by atoms with Gasteiger partial charge in [0.2, 0.25) is 0 Å². The summed E-state index contributed by atoms with van der Waals surface area (Å²) in [4.78, 5) is 27.1. The van der Waals surface area contributed by atoms with Gasteiger partial charge >= 0.3 is 0 Å². The zero-order chi connectivity index (χ0) is 17.6. The monoisotopic (exact) mass is 399 g/mol. The third-order valence-electron chi connectivity index (χ3n) is 4.55. The maximum absolute atomic E-state index is 13.0. The van der Waals surface area contributed by atoms with E-state index in [9.17, 15) is 4.79 Å². The summed E-state index contributed by atoms with van der Waals surface area (Å²) < 4.78 is 0.959. The van der Waals surface area contributed by atoms with E-state index in [0.29, 0.717) is 33.9 Å². The second kappa shape index (κ2) is 6.15. The number of imidazole rings is 1. The maximum atomic E-state index is 13.0. The Labute approximate surface area is 153 Å². The number of aromatic nitrogens is 3. The molecule has 1 amide bonds. The van der Waals surface area contributed by atoms with Gasteiger partial charge in [0.15, 0.2) is 0 Å². The molecule has 0 spiro atoms. The molecule has 128 valence electrons. The number of rotatable bonds is 2. The van der Waals surface area contributed by atoms with E-state index < -0.39 is 0 Å². The van der Waals surface area contributed by atoms with E-state index in [1.807, 2.05) is 36.1 Å². The van der Waals surface area contributed by atoms with Crippen LogP contribution in [0.3, 0.4) is 0 Å². The molecule has 0 atom stereocenters. The summed E-state index contributed by atoms with van der Waals surface area (Å²) in [7, 11) is 0. The number of nitrogens with zero attached hydrogens (tertiary/aromatic N) is 3. The van der Waals surface area contributed by atoms with Crippen LogP contribution in [0.5, 0.6) is 0 Å². The molecule has 2 aromatic heterocycles. The summed E-state index contributed by atoms with van der Waals surface area (Å²) in [5.41, 5.74) is 9.38. The fourth-order valence-electron chi connectivity index (χ4n) is 3.31. The molecule has 0 unspecified atom stereocenters. The van der Waals surface area contributed by atoms with E-state index in [1.165, 1.54) is 0 Å². The Balaban J connectivity index is 1.89. The molecule has 1 fully saturated rings. The van der Waals surface area contributed by atoms with Gasteiger partial charge < -0.3 is 15.6 Å². The van der Waals surface area contributed by atoms with Crippen LogP contribution in [0.15, 0.2) is 28.7 Å². The normalized spacial score (nSPS) is 14.4. The predicted molar refractivity (Wildman–Crippen MR) is 101 cm³/mol. The van der Waals surface area contributed by atoms with Crippen LogP contribution in [0.25, 0.3) is 22.4 Å². The van der Waals surface area contributed by atoms with Crippen LogP contribution in [-0.2, 0) is 0 Å². The SMILES string of the molecule is Cc1nc(N)c2[nH]c(-c3cccc(Br)c3)nc2c1C(=O)N1CCCC1. The Hall–Kier alpha value is -2.41. The quantitative estimate of drug-likeness (QED) is 0.689. The molecular weight excluding hydrogens is 382 g/mol. The first-order chi connectivity index (χ1) is 12.0. The lowest BCUT2D eigenvalue weighted by atomic mass is 10.1. The predicted octanol–water partition coefficient (Wildman–Crippen LogP) is 3.51. The molecule has 25 heavy (non-hydrogen) atoms. The Morgan fingerprint density at radius 3 is 2.76 bits per heavy atom. The first-order valence-electron chi connectivity index (χ1n) is 8.25. The molecule has 0 aliphatic carbocycles. The number of hydrogen-bond donors (Lipinski definition) is 2. The van der Waals surface area contributed by atoms with E-state index in [4.69, 9.17) is 10.7 Å². The van der Waals surface area contributed by atoms with Crippen molar-refractivity contribution in [2.45, 2.75) is 19.8 Å². The van der Waals surface area contributed by atoms with Gasteiger partial charge in [-0.25, -0.2) is 9.97 Å². The summed E-state index contributed by atoms with van der Waals surface area (Å²) >= 11 is 3.47. The molecule has 0 radical (unpaired) electrons. The van der Waals surface area contributed by atoms with Crippen LogP contribution in [0, 0.1) is 6.92 Å². The summed E-state index contributed by atoms with van der Waals surface area (Å²) in [6, 6.07) is 7.82. The van der Waals surface area contributed by atoms with Crippen molar-refractivity contribution in [2.24, 2.45) is 0 Å². The number of amides is 1. The second-order valence-corrected chi connectivity index (χ2v) is 7.19. The number of likely N-dealkylation sites (tertiary alicyclic amines) is 1. The number of fused-ring (bicyclic) bond motifs is 1. The number of H-pyrrole nitrogens is 1. The minimum absolute atomic E-state index is 0.0141. The summed E-state index contributed by atoms with van der Waals surface area (Å²) in [6.07, 6.45) is 2.08. The number of aromatic amines is 1. The number of nitrogens with one attached hydrogen (secondary N) is 1. The number of carbonyl (C=O) groups excluding carboxylic acids is 1. The molecule has 3 aromatic rings. The van der Waals surface area contributed by atoms with Crippen molar-refractivity contribution in [1.82, 2.24) is 19.9 Å². The molecule has 1 saturated heterocycles. The first-order valence-corrected chi connectivity index (χ1v) is 9.05. The number of carbonyl (C=O) groups is 1. The van der Waals surface area contributed by atoms with Crippen LogP contribution in [0.4, 0.5) is 5.82 Å². The molecule has 3 N–H and O–H groups in total. The lowest BCUT2D eigenvalue weighted by molar-refractivity contribution is 0.0793. The van der Waals surface area contributed by atoms with Crippen molar-refractivity contribution in [1.29, 1.82) is 0 Å². The fourth-order valence-corrected chi connectivity index (χ4v) is 3.71. The minimum Gasteiger partial charge on any atom is -0.382 e. The molecule has 1 aromatic carbocycles. The molecule has 0 saturated carbocycles. The summed E-state index contributed by atoms with van der Waals surface area (Å²) in [5.74, 6) is 1.02. The van der Waals surface area contributed by atoms with Crippen LogP contribution in [0.2, 0.25) is 0 Å². The van der Waals surface area contributed by atoms with Crippen molar-refractivity contribution in [3.8, 4) is 11.4 Å². The smallest absolute Gasteiger partial charge is 0.257 e. The van der Waals surface area contributed by atoms with Crippen LogP contribution < -0.4 is 5.73 Å². The molecule has 7 heteroatoms. The van der Waals surface area contributed by atoms with Crippen LogP contribution >= 0.6 is 15.9 Å². The number of halogens is 1. The van der Waals surface area contributed by atoms with Crippen LogP contribution in [0.1, 0.15) is 28.9 Å². The van der Waals surface area contributed by atoms with E-state index >= 15 is 0 Å². The Kier molecular flexibility index (Phi) is 3.95. The molecule has 0 bridgehead atoms. The van der Waals surface area contributed by atoms with E-state index in [-0.39, 0.29) is 5.91 Å². The zero-order valence-electron chi connectivity index (χ0n) is 13.8. The highest BCUT2D eigenvalue weighted by atomic mass is 79.9. The number of pyridine rings is 1. The number of hydrogen-bond acceptors (Lipinski definition) is 4. The van der Waals surface area contributed by atoms with E-state index in [2.05, 4.69) is 25.9 Å². The van der Waals surface area contributed by atoms with Gasteiger partial charge in [0.05, 0.1) is 11.3 Å². The highest BCUT2D eigenvalue weighted by molar-refractivity contribution is 9.10. The van der Waals surface area contributed by atoms with Gasteiger partial charge in [-0.15, -0.1) is 0 Å². The fraction of sp³-hybridized carbons (Fsp3) is 0.278. The maximum Gasteiger partial charge on any atom is 0.257 e. The third-order valence-corrected chi connectivity index (χ3v) is 5.05. The summed E-state index contributed by atoms with van der Waals surface area (Å²) in [6.45, 7) is 3.38. The lowest BCUT2D eigenvalue weighted by Crippen LogP contribution is -2.28. The van der Waals surface area contributed by atoms with E-state index in [0.717, 1.165) is 36.0 Å². The summed E-state index contributed by atoms with van der Waals surface area (Å²) in [5, 5.41) is 0. The highest BCUT2D eigenvalue weighted by Gasteiger charge is 2.26. The Bertz CT molecular complexity index is 975. The molecule has 6 nitrogen and oxygen atoms in total. The van der Waals surface area contributed by atoms with Gasteiger partial charge in [0.25, 0.3) is 5.91 Å². The van der Waals surface area contributed by atoms with Crippen LogP contribution in [-0.4, -0.2) is 38.8 Å². The number of anilines is 1. The zero-order valence-corrected chi connectivity index (χ0v) is 15.4. The number of aryl methyl sites for hydroxylation is 1. The first kappa shape index (κ1) is 16.1. The minimum atomic E-state index is -0.0141. The van der Waals surface area contributed by atoms with Crippen molar-refractivity contribution in [3.63, 3.8) is 0 Å². The molecule has 3 heterocycles. The van der Waals surface area contributed by atoms with Crippen molar-refractivity contribution < 1.29 is 4.79 Å². The average molecular weight is 400 g/mol. The lowest BCUT2D eigenvalue weighted by Gasteiger charge is -2.16.